The minimum Gasteiger partial charge on any atom is -0.342 e. The van der Waals surface area contributed by atoms with E-state index in [0.717, 1.165) is 16.8 Å². The number of benzene rings is 1. The summed E-state index contributed by atoms with van der Waals surface area (Å²) in [7, 11) is 1.84. The van der Waals surface area contributed by atoms with Gasteiger partial charge in [0.05, 0.1) is 23.5 Å². The maximum atomic E-state index is 12.9. The second-order valence-corrected chi connectivity index (χ2v) is 7.25. The van der Waals surface area contributed by atoms with E-state index in [-0.39, 0.29) is 11.9 Å². The molecule has 1 atom stereocenters. The Morgan fingerprint density at radius 3 is 2.80 bits per heavy atom. The lowest BCUT2D eigenvalue weighted by atomic mass is 10.1. The van der Waals surface area contributed by atoms with Gasteiger partial charge in [0.2, 0.25) is 0 Å². The van der Waals surface area contributed by atoms with Crippen molar-refractivity contribution in [3.05, 3.63) is 83.1 Å². The molecule has 1 aromatic carbocycles. The number of aromatic nitrogens is 6. The molecule has 4 aromatic rings. The average Bonchev–Trinajstić information content (AvgIpc) is 3.37. The van der Waals surface area contributed by atoms with Gasteiger partial charge in [0.1, 0.15) is 11.5 Å². The summed E-state index contributed by atoms with van der Waals surface area (Å²) in [6, 6.07) is 13.5. The Bertz CT molecular complexity index is 1160. The topological polar surface area (TPSA) is 101 Å². The Morgan fingerprint density at radius 1 is 1.23 bits per heavy atom. The Balaban J connectivity index is 1.50. The molecule has 4 rings (SSSR count). The van der Waals surface area contributed by atoms with Crippen LogP contribution in [0.5, 0.6) is 0 Å². The third kappa shape index (κ3) is 4.12. The van der Waals surface area contributed by atoms with Crippen molar-refractivity contribution in [3.63, 3.8) is 0 Å². The van der Waals surface area contributed by atoms with Crippen LogP contribution in [-0.2, 0) is 13.5 Å². The summed E-state index contributed by atoms with van der Waals surface area (Å²) in [4.78, 5) is 21.7. The zero-order valence-corrected chi connectivity index (χ0v) is 17.1. The zero-order chi connectivity index (χ0) is 21.1. The number of aryl methyl sites for hydroxylation is 2. The molecule has 8 nitrogen and oxygen atoms in total. The molecule has 30 heavy (non-hydrogen) atoms. The van der Waals surface area contributed by atoms with E-state index in [1.807, 2.05) is 63.4 Å². The van der Waals surface area contributed by atoms with Crippen LogP contribution in [0.25, 0.3) is 11.5 Å². The highest BCUT2D eigenvalue weighted by atomic mass is 16.1. The van der Waals surface area contributed by atoms with Gasteiger partial charge in [-0.25, -0.2) is 4.98 Å². The number of H-pyrrole nitrogens is 1. The van der Waals surface area contributed by atoms with Crippen LogP contribution in [0.2, 0.25) is 0 Å². The number of nitrogens with one attached hydrogen (secondary N) is 2. The number of carbonyl (C=O) groups is 1. The van der Waals surface area contributed by atoms with Gasteiger partial charge in [-0.15, -0.1) is 0 Å². The molecule has 0 fully saturated rings. The molecule has 1 unspecified atom stereocenters. The van der Waals surface area contributed by atoms with Crippen molar-refractivity contribution in [3.8, 4) is 11.5 Å². The van der Waals surface area contributed by atoms with Crippen LogP contribution in [0.15, 0.2) is 54.9 Å². The van der Waals surface area contributed by atoms with Gasteiger partial charge in [0.25, 0.3) is 5.91 Å². The van der Waals surface area contributed by atoms with Crippen LogP contribution < -0.4 is 5.32 Å². The SMILES string of the molecule is Cc1ccnc(-c2n[nH]c(C(C)NC(=O)c3cnn(C)c3Cc3ccccc3)n2)c1. The van der Waals surface area contributed by atoms with Crippen LogP contribution >= 0.6 is 0 Å². The maximum Gasteiger partial charge on any atom is 0.255 e. The van der Waals surface area contributed by atoms with Crippen molar-refractivity contribution >= 4 is 5.91 Å². The number of rotatable bonds is 6. The Hall–Kier alpha value is -3.81. The summed E-state index contributed by atoms with van der Waals surface area (Å²) in [6.45, 7) is 3.85. The third-order valence-electron chi connectivity index (χ3n) is 4.93. The molecule has 2 N–H and O–H groups in total. The van der Waals surface area contributed by atoms with Crippen LogP contribution in [0.3, 0.4) is 0 Å². The molecular weight excluding hydrogens is 378 g/mol. The number of carbonyl (C=O) groups excluding carboxylic acids is 1. The summed E-state index contributed by atoms with van der Waals surface area (Å²) in [5, 5.41) is 14.4. The summed E-state index contributed by atoms with van der Waals surface area (Å²) in [5.41, 5.74) is 4.29. The number of nitrogens with zero attached hydrogens (tertiary/aromatic N) is 5. The number of aromatic amines is 1. The lowest BCUT2D eigenvalue weighted by Crippen LogP contribution is -2.28. The quantitative estimate of drug-likeness (QED) is 0.517. The zero-order valence-electron chi connectivity index (χ0n) is 17.1. The van der Waals surface area contributed by atoms with Gasteiger partial charge in [-0.2, -0.15) is 10.2 Å². The highest BCUT2D eigenvalue weighted by molar-refractivity contribution is 5.95. The van der Waals surface area contributed by atoms with Gasteiger partial charge in [0, 0.05) is 19.7 Å². The Kier molecular flexibility index (Phi) is 5.38. The lowest BCUT2D eigenvalue weighted by molar-refractivity contribution is 0.0937. The first-order valence-corrected chi connectivity index (χ1v) is 9.72. The van der Waals surface area contributed by atoms with Crippen molar-refractivity contribution in [2.45, 2.75) is 26.3 Å². The fraction of sp³-hybridized carbons (Fsp3) is 0.227. The van der Waals surface area contributed by atoms with Crippen LogP contribution in [0.4, 0.5) is 0 Å². The van der Waals surface area contributed by atoms with Gasteiger partial charge in [-0.1, -0.05) is 30.3 Å². The molecule has 0 aliphatic heterocycles. The number of hydrogen-bond donors (Lipinski definition) is 2. The van der Waals surface area contributed by atoms with Gasteiger partial charge in [-0.3, -0.25) is 19.6 Å². The van der Waals surface area contributed by atoms with Crippen LogP contribution in [-0.4, -0.2) is 35.9 Å². The second kappa shape index (κ2) is 8.28. The fourth-order valence-corrected chi connectivity index (χ4v) is 3.24. The fourth-order valence-electron chi connectivity index (χ4n) is 3.24. The van der Waals surface area contributed by atoms with Gasteiger partial charge >= 0.3 is 0 Å². The van der Waals surface area contributed by atoms with E-state index in [2.05, 4.69) is 30.6 Å². The van der Waals surface area contributed by atoms with E-state index in [1.54, 1.807) is 17.1 Å². The first kappa shape index (κ1) is 19.5. The first-order chi connectivity index (χ1) is 14.5. The molecule has 152 valence electrons. The predicted octanol–water partition coefficient (Wildman–Crippen LogP) is 2.99. The minimum atomic E-state index is -0.353. The highest BCUT2D eigenvalue weighted by Gasteiger charge is 2.20. The van der Waals surface area contributed by atoms with E-state index < -0.39 is 0 Å². The molecule has 1 amide bonds. The lowest BCUT2D eigenvalue weighted by Gasteiger charge is -2.12. The molecule has 0 aliphatic rings. The standard InChI is InChI=1S/C22H23N7O/c1-14-9-10-23-18(11-14)21-26-20(27-28-21)15(2)25-22(30)17-13-24-29(3)19(17)12-16-7-5-4-6-8-16/h4-11,13,15H,12H2,1-3H3,(H,25,30)(H,26,27,28). The molecule has 3 aromatic heterocycles. The maximum absolute atomic E-state index is 12.9. The monoisotopic (exact) mass is 401 g/mol. The molecule has 0 aliphatic carbocycles. The molecule has 0 radical (unpaired) electrons. The third-order valence-corrected chi connectivity index (χ3v) is 4.93. The normalized spacial score (nSPS) is 12.0. The van der Waals surface area contributed by atoms with Crippen molar-refractivity contribution in [2.24, 2.45) is 7.05 Å². The molecular formula is C22H23N7O. The molecule has 3 heterocycles. The first-order valence-electron chi connectivity index (χ1n) is 9.72. The molecule has 0 saturated heterocycles. The van der Waals surface area contributed by atoms with Gasteiger partial charge in [0.15, 0.2) is 5.82 Å². The van der Waals surface area contributed by atoms with Gasteiger partial charge < -0.3 is 5.32 Å². The van der Waals surface area contributed by atoms with Crippen molar-refractivity contribution in [1.82, 2.24) is 35.3 Å². The van der Waals surface area contributed by atoms with E-state index in [4.69, 9.17) is 0 Å². The van der Waals surface area contributed by atoms with Crippen LogP contribution in [0, 0.1) is 6.92 Å². The Morgan fingerprint density at radius 2 is 2.03 bits per heavy atom. The van der Waals surface area contributed by atoms with Crippen molar-refractivity contribution in [2.75, 3.05) is 0 Å². The van der Waals surface area contributed by atoms with E-state index in [9.17, 15) is 4.79 Å². The highest BCUT2D eigenvalue weighted by Crippen LogP contribution is 2.18. The van der Waals surface area contributed by atoms with E-state index in [0.29, 0.717) is 29.3 Å². The largest absolute Gasteiger partial charge is 0.342 e. The second-order valence-electron chi connectivity index (χ2n) is 7.25. The number of pyridine rings is 1. The molecule has 0 spiro atoms. The smallest absolute Gasteiger partial charge is 0.255 e. The summed E-state index contributed by atoms with van der Waals surface area (Å²) in [5.74, 6) is 0.865. The predicted molar refractivity (Wildman–Crippen MR) is 113 cm³/mol. The molecule has 0 saturated carbocycles. The summed E-state index contributed by atoms with van der Waals surface area (Å²) < 4.78 is 1.74. The van der Waals surface area contributed by atoms with Crippen molar-refractivity contribution < 1.29 is 4.79 Å². The van der Waals surface area contributed by atoms with Gasteiger partial charge in [-0.05, 0) is 37.1 Å². The van der Waals surface area contributed by atoms with Crippen molar-refractivity contribution in [1.29, 1.82) is 0 Å². The van der Waals surface area contributed by atoms with Crippen LogP contribution in [0.1, 0.15) is 46.0 Å². The Labute approximate surface area is 174 Å². The number of hydrogen-bond acceptors (Lipinski definition) is 5. The summed E-state index contributed by atoms with van der Waals surface area (Å²) in [6.07, 6.45) is 3.95. The molecule has 8 heteroatoms. The summed E-state index contributed by atoms with van der Waals surface area (Å²) >= 11 is 0. The van der Waals surface area contributed by atoms with E-state index in [1.165, 1.54) is 0 Å². The number of amides is 1. The molecule has 0 bridgehead atoms. The minimum absolute atomic E-state index is 0.201. The van der Waals surface area contributed by atoms with E-state index >= 15 is 0 Å². The average molecular weight is 401 g/mol.